The van der Waals surface area contributed by atoms with Crippen molar-refractivity contribution < 1.29 is 0 Å². The first-order chi connectivity index (χ1) is 2.50. The third-order valence-corrected chi connectivity index (χ3v) is 4.24. The van der Waals surface area contributed by atoms with Gasteiger partial charge in [0.2, 0.25) is 0 Å². The van der Waals surface area contributed by atoms with Gasteiger partial charge < -0.3 is 0 Å². The summed E-state index contributed by atoms with van der Waals surface area (Å²) in [6, 6.07) is 0. The molecule has 1 aliphatic rings. The number of hydrogen-bond donors (Lipinski definition) is 0. The van der Waals surface area contributed by atoms with Crippen LogP contribution in [0.25, 0.3) is 0 Å². The predicted octanol–water partition coefficient (Wildman–Crippen LogP) is 0.614. The van der Waals surface area contributed by atoms with E-state index in [0.717, 1.165) is 0 Å². The average molecular weight is 146 g/mol. The summed E-state index contributed by atoms with van der Waals surface area (Å²) in [5.74, 6) is 2.21. The molecule has 0 aromatic heterocycles. The fraction of sp³-hybridized carbons (Fsp3) is 0. The van der Waals surface area contributed by atoms with Crippen molar-refractivity contribution in [1.82, 2.24) is 0 Å². The first kappa shape index (κ1) is 3.65. The van der Waals surface area contributed by atoms with Crippen LogP contribution in [0.15, 0.2) is 10.7 Å². The Morgan fingerprint density at radius 2 is 2.60 bits per heavy atom. The monoisotopic (exact) mass is 146 g/mol. The Hall–Kier alpha value is 0.468. The van der Waals surface area contributed by atoms with E-state index in [4.69, 9.17) is 0 Å². The summed E-state index contributed by atoms with van der Waals surface area (Å²) in [5, 5.41) is 0. The van der Waals surface area contributed by atoms with Crippen LogP contribution >= 0.6 is 8.20 Å². The molecular weight excluding hydrogens is 142 g/mol. The maximum atomic E-state index is 2.35. The number of rotatable bonds is 0. The van der Waals surface area contributed by atoms with Crippen LogP contribution in [0.4, 0.5) is 0 Å². The SMILES string of the molecule is C1=C[AsH]C=P1. The molecule has 2 heteroatoms. The maximum absolute atomic E-state index is 2.35. The van der Waals surface area contributed by atoms with E-state index in [1.54, 1.807) is 0 Å². The molecule has 0 saturated heterocycles. The Kier molecular flexibility index (Phi) is 1.31. The van der Waals surface area contributed by atoms with Gasteiger partial charge in [-0.25, -0.2) is 0 Å². The summed E-state index contributed by atoms with van der Waals surface area (Å²) in [6.07, 6.45) is 0. The molecule has 1 aliphatic heterocycles. The van der Waals surface area contributed by atoms with Crippen LogP contribution < -0.4 is 0 Å². The third kappa shape index (κ3) is 0.910. The first-order valence-electron chi connectivity index (χ1n) is 1.43. The molecule has 1 unspecified atom stereocenters. The molecule has 0 saturated carbocycles. The van der Waals surface area contributed by atoms with Crippen LogP contribution in [0.1, 0.15) is 0 Å². The Morgan fingerprint density at radius 3 is 2.80 bits per heavy atom. The molecule has 1 atom stereocenters. The van der Waals surface area contributed by atoms with Crippen molar-refractivity contribution in [3.05, 3.63) is 10.7 Å². The van der Waals surface area contributed by atoms with E-state index in [2.05, 4.69) is 15.3 Å². The second kappa shape index (κ2) is 1.80. The molecule has 0 amide bonds. The molecule has 0 N–H and O–H groups in total. The van der Waals surface area contributed by atoms with Gasteiger partial charge in [0.05, 0.1) is 0 Å². The quantitative estimate of drug-likeness (QED) is 0.347. The van der Waals surface area contributed by atoms with Gasteiger partial charge in [-0.05, 0) is 0 Å². The molecule has 0 aliphatic carbocycles. The van der Waals surface area contributed by atoms with Crippen molar-refractivity contribution in [1.29, 1.82) is 0 Å². The predicted molar refractivity (Wildman–Crippen MR) is 29.3 cm³/mol. The number of hydrogen-bond acceptors (Lipinski definition) is 0. The van der Waals surface area contributed by atoms with E-state index < -0.39 is 0 Å². The molecular formula is C3H4AsP. The Bertz CT molecular complexity index is 65.0. The second-order valence-electron chi connectivity index (χ2n) is 0.761. The molecule has 0 aromatic carbocycles. The molecule has 0 spiro atoms. The van der Waals surface area contributed by atoms with Crippen LogP contribution in [-0.2, 0) is 0 Å². The molecule has 0 radical (unpaired) electrons. The van der Waals surface area contributed by atoms with E-state index in [0.29, 0.717) is 15.8 Å². The zero-order chi connectivity index (χ0) is 3.54. The van der Waals surface area contributed by atoms with Gasteiger partial charge in [-0.1, -0.05) is 0 Å². The second-order valence-corrected chi connectivity index (χ2v) is 4.64. The van der Waals surface area contributed by atoms with Gasteiger partial charge >= 0.3 is 39.2 Å². The molecule has 5 heavy (non-hydrogen) atoms. The Labute approximate surface area is 39.8 Å². The standard InChI is InChI=1S/C3H4AsP/c1-2-5-3-4-1/h1-4H. The Balaban J connectivity index is 2.61. The van der Waals surface area contributed by atoms with Gasteiger partial charge in [0.1, 0.15) is 0 Å². The van der Waals surface area contributed by atoms with E-state index in [1.165, 1.54) is 8.20 Å². The minimum absolute atomic E-state index is 0.321. The van der Waals surface area contributed by atoms with Crippen molar-refractivity contribution in [2.75, 3.05) is 0 Å². The van der Waals surface area contributed by atoms with E-state index >= 15 is 0 Å². The first-order valence-corrected chi connectivity index (χ1v) is 4.88. The Morgan fingerprint density at radius 1 is 1.60 bits per heavy atom. The fourth-order valence-electron chi connectivity index (χ4n) is 0.215. The molecule has 1 heterocycles. The molecule has 0 nitrogen and oxygen atoms in total. The normalized spacial score (nSPS) is 25.6. The topological polar surface area (TPSA) is 0 Å². The summed E-state index contributed by atoms with van der Waals surface area (Å²) in [6.45, 7) is 0. The summed E-state index contributed by atoms with van der Waals surface area (Å²) in [4.78, 5) is 2.29. The average Bonchev–Trinajstić information content (AvgIpc) is 1.76. The van der Waals surface area contributed by atoms with Crippen molar-refractivity contribution in [2.45, 2.75) is 0 Å². The van der Waals surface area contributed by atoms with E-state index in [1.807, 2.05) is 0 Å². The van der Waals surface area contributed by atoms with Crippen molar-refractivity contribution in [3.63, 3.8) is 0 Å². The third-order valence-electron chi connectivity index (χ3n) is 0.406. The summed E-state index contributed by atoms with van der Waals surface area (Å²) >= 11 is 0.321. The van der Waals surface area contributed by atoms with Crippen LogP contribution in [0, 0.1) is 0 Å². The van der Waals surface area contributed by atoms with E-state index in [9.17, 15) is 0 Å². The van der Waals surface area contributed by atoms with Gasteiger partial charge in [0.25, 0.3) is 0 Å². The van der Waals surface area contributed by atoms with Crippen molar-refractivity contribution in [3.8, 4) is 0 Å². The van der Waals surface area contributed by atoms with Crippen molar-refractivity contribution >= 4 is 28.5 Å². The zero-order valence-electron chi connectivity index (χ0n) is 2.68. The fourth-order valence-corrected chi connectivity index (χ4v) is 3.35. The van der Waals surface area contributed by atoms with Gasteiger partial charge in [-0.15, -0.1) is 0 Å². The zero-order valence-corrected chi connectivity index (χ0v) is 5.67. The van der Waals surface area contributed by atoms with Crippen LogP contribution in [0.2, 0.25) is 0 Å². The van der Waals surface area contributed by atoms with Gasteiger partial charge in [-0.3, -0.25) is 0 Å². The van der Waals surface area contributed by atoms with Crippen LogP contribution in [0.5, 0.6) is 0 Å². The summed E-state index contributed by atoms with van der Waals surface area (Å²) < 4.78 is 2.35. The van der Waals surface area contributed by atoms with Gasteiger partial charge in [-0.2, -0.15) is 0 Å². The molecule has 0 aromatic rings. The molecule has 1 rings (SSSR count). The van der Waals surface area contributed by atoms with Crippen LogP contribution in [-0.4, -0.2) is 20.3 Å². The van der Waals surface area contributed by atoms with Gasteiger partial charge in [0, 0.05) is 0 Å². The molecule has 0 fully saturated rings. The summed E-state index contributed by atoms with van der Waals surface area (Å²) in [5.41, 5.74) is 0. The van der Waals surface area contributed by atoms with Crippen molar-refractivity contribution in [2.24, 2.45) is 0 Å². The minimum atomic E-state index is 0.321. The summed E-state index contributed by atoms with van der Waals surface area (Å²) in [7, 11) is 1.44. The van der Waals surface area contributed by atoms with Crippen LogP contribution in [0.3, 0.4) is 0 Å². The van der Waals surface area contributed by atoms with Gasteiger partial charge in [0.15, 0.2) is 0 Å². The molecule has 0 bridgehead atoms. The molecule has 26 valence electrons. The van der Waals surface area contributed by atoms with E-state index in [-0.39, 0.29) is 0 Å².